The maximum Gasteiger partial charge on any atom is 0.472 e. The number of allylic oxidation sites excluding steroid dienone is 26. The minimum atomic E-state index is -4.80. The van der Waals surface area contributed by atoms with Crippen LogP contribution in [0.5, 0.6) is 0 Å². The fourth-order valence-corrected chi connectivity index (χ4v) is 8.16. The minimum absolute atomic E-state index is 0.0849. The first-order valence-electron chi connectivity index (χ1n) is 30.4. The van der Waals surface area contributed by atoms with Crippen molar-refractivity contribution in [1.29, 1.82) is 0 Å². The number of hydrogen-bond donors (Lipinski definition) is 2. The fraction of sp³-hybridized carbons (Fsp3) is 0.574. The van der Waals surface area contributed by atoms with Crippen LogP contribution < -0.4 is 0 Å². The molecule has 0 saturated carbocycles. The van der Waals surface area contributed by atoms with Gasteiger partial charge in [-0.25, -0.2) is 4.57 Å². The van der Waals surface area contributed by atoms with Gasteiger partial charge in [-0.1, -0.05) is 217 Å². The first-order chi connectivity index (χ1) is 39.2. The molecule has 0 aromatic carbocycles. The summed E-state index contributed by atoms with van der Waals surface area (Å²) < 4.78 is 39.5. The summed E-state index contributed by atoms with van der Waals surface area (Å²) >= 11 is 0. The molecule has 0 heterocycles. The van der Waals surface area contributed by atoms with Crippen molar-refractivity contribution in [2.75, 3.05) is 26.4 Å². The van der Waals surface area contributed by atoms with Crippen LogP contribution in [0.2, 0.25) is 0 Å². The molecule has 0 aromatic rings. The van der Waals surface area contributed by atoms with Crippen molar-refractivity contribution in [1.82, 2.24) is 0 Å². The third kappa shape index (κ3) is 57.8. The first-order valence-corrected chi connectivity index (χ1v) is 31.9. The van der Waals surface area contributed by atoms with Gasteiger partial charge in [0, 0.05) is 19.3 Å². The van der Waals surface area contributed by atoms with Crippen LogP contribution in [0.1, 0.15) is 213 Å². The normalized spacial score (nSPS) is 14.4. The number of carbonyl (C=O) groups is 3. The molecule has 0 aliphatic rings. The average Bonchev–Trinajstić information content (AvgIpc) is 3.45. The molecule has 2 N–H and O–H groups in total. The van der Waals surface area contributed by atoms with E-state index in [0.717, 1.165) is 116 Å². The van der Waals surface area contributed by atoms with Gasteiger partial charge < -0.3 is 24.2 Å². The molecule has 0 bridgehead atoms. The van der Waals surface area contributed by atoms with Crippen LogP contribution in [-0.4, -0.2) is 66.5 Å². The third-order valence-electron chi connectivity index (χ3n) is 11.9. The number of hydrogen-bond acceptors (Lipinski definition) is 10. The highest BCUT2D eigenvalue weighted by Gasteiger charge is 2.28. The van der Waals surface area contributed by atoms with E-state index in [0.29, 0.717) is 32.1 Å². The van der Waals surface area contributed by atoms with E-state index < -0.39 is 57.8 Å². The van der Waals surface area contributed by atoms with Crippen LogP contribution in [0.4, 0.5) is 0 Å². The molecule has 450 valence electrons. The SMILES string of the molecule is CC/C=C\C/C=C\C/C=C\C/C=C\C/C=C\CCCC(=O)OCC(COP(=O)(O)OCC(CO)OC(=O)CCC/C=C\C/C=C\C/C=C\C/C=C\C/C=C\CC)OC(=O)CCCCCCCC/C=C\C/C=C\C/C=C\CCCCC. The van der Waals surface area contributed by atoms with Gasteiger partial charge in [0.15, 0.2) is 6.10 Å². The predicted octanol–water partition coefficient (Wildman–Crippen LogP) is 18.5. The molecule has 80 heavy (non-hydrogen) atoms. The number of phosphoric acid groups is 1. The summed E-state index contributed by atoms with van der Waals surface area (Å²) in [5, 5.41) is 9.83. The van der Waals surface area contributed by atoms with Gasteiger partial charge in [0.1, 0.15) is 12.7 Å². The Kier molecular flexibility index (Phi) is 56.5. The second kappa shape index (κ2) is 60.2. The lowest BCUT2D eigenvalue weighted by Gasteiger charge is -2.21. The Bertz CT molecular complexity index is 1950. The zero-order chi connectivity index (χ0) is 58.3. The Balaban J connectivity index is 4.90. The van der Waals surface area contributed by atoms with E-state index in [9.17, 15) is 28.9 Å². The zero-order valence-electron chi connectivity index (χ0n) is 49.7. The number of esters is 3. The first kappa shape index (κ1) is 75.1. The van der Waals surface area contributed by atoms with Crippen LogP contribution in [0.25, 0.3) is 0 Å². The van der Waals surface area contributed by atoms with Crippen molar-refractivity contribution < 1.29 is 52.2 Å². The second-order valence-corrected chi connectivity index (χ2v) is 20.8. The highest BCUT2D eigenvalue weighted by molar-refractivity contribution is 7.47. The smallest absolute Gasteiger partial charge is 0.462 e. The van der Waals surface area contributed by atoms with Crippen molar-refractivity contribution >= 4 is 25.7 Å². The molecule has 12 heteroatoms. The van der Waals surface area contributed by atoms with Crippen molar-refractivity contribution in [3.63, 3.8) is 0 Å². The monoisotopic (exact) mass is 1130 g/mol. The lowest BCUT2D eigenvalue weighted by molar-refractivity contribution is -0.161. The summed E-state index contributed by atoms with van der Waals surface area (Å²) in [7, 11) is -4.80. The number of unbranched alkanes of at least 4 members (excludes halogenated alkanes) is 11. The Hall–Kier alpha value is -4.90. The van der Waals surface area contributed by atoms with Crippen LogP contribution in [0.3, 0.4) is 0 Å². The molecule has 11 nitrogen and oxygen atoms in total. The number of aliphatic hydroxyl groups excluding tert-OH is 1. The number of aliphatic hydroxyl groups is 1. The molecule has 0 fully saturated rings. The topological polar surface area (TPSA) is 155 Å². The third-order valence-corrected chi connectivity index (χ3v) is 12.9. The van der Waals surface area contributed by atoms with Crippen molar-refractivity contribution in [3.8, 4) is 0 Å². The van der Waals surface area contributed by atoms with Crippen molar-refractivity contribution in [3.05, 3.63) is 158 Å². The van der Waals surface area contributed by atoms with Gasteiger partial charge in [-0.3, -0.25) is 23.4 Å². The highest BCUT2D eigenvalue weighted by atomic mass is 31.2. The van der Waals surface area contributed by atoms with Gasteiger partial charge in [-0.05, 0) is 135 Å². The largest absolute Gasteiger partial charge is 0.472 e. The maximum atomic E-state index is 12.9. The summed E-state index contributed by atoms with van der Waals surface area (Å²) in [6.07, 6.45) is 79.2. The van der Waals surface area contributed by atoms with Gasteiger partial charge in [0.2, 0.25) is 0 Å². The average molecular weight is 1130 g/mol. The number of ether oxygens (including phenoxy) is 3. The molecular formula is C68H107O11P. The molecule has 0 aliphatic heterocycles. The Morgan fingerprint density at radius 3 is 1.05 bits per heavy atom. The lowest BCUT2D eigenvalue weighted by Crippen LogP contribution is -2.30. The second-order valence-electron chi connectivity index (χ2n) is 19.4. The Labute approximate surface area is 485 Å². The van der Waals surface area contributed by atoms with Crippen LogP contribution >= 0.6 is 7.82 Å². The fourth-order valence-electron chi connectivity index (χ4n) is 7.37. The summed E-state index contributed by atoms with van der Waals surface area (Å²) in [5.41, 5.74) is 0. The van der Waals surface area contributed by atoms with E-state index in [1.165, 1.54) is 25.7 Å². The van der Waals surface area contributed by atoms with E-state index in [1.54, 1.807) is 0 Å². The van der Waals surface area contributed by atoms with E-state index in [1.807, 2.05) is 18.2 Å². The van der Waals surface area contributed by atoms with Crippen LogP contribution in [0.15, 0.2) is 158 Å². The zero-order valence-corrected chi connectivity index (χ0v) is 50.6. The molecule has 3 unspecified atom stereocenters. The maximum absolute atomic E-state index is 12.9. The number of phosphoric ester groups is 1. The summed E-state index contributed by atoms with van der Waals surface area (Å²) in [4.78, 5) is 48.6. The van der Waals surface area contributed by atoms with Crippen LogP contribution in [0, 0.1) is 0 Å². The van der Waals surface area contributed by atoms with Gasteiger partial charge >= 0.3 is 25.7 Å². The Morgan fingerprint density at radius 1 is 0.362 bits per heavy atom. The lowest BCUT2D eigenvalue weighted by atomic mass is 10.1. The van der Waals surface area contributed by atoms with Crippen molar-refractivity contribution in [2.24, 2.45) is 0 Å². The van der Waals surface area contributed by atoms with Gasteiger partial charge in [0.25, 0.3) is 0 Å². The Morgan fingerprint density at radius 2 is 0.662 bits per heavy atom. The minimum Gasteiger partial charge on any atom is -0.462 e. The van der Waals surface area contributed by atoms with E-state index in [2.05, 4.69) is 161 Å². The quantitative estimate of drug-likeness (QED) is 0.0197. The predicted molar refractivity (Wildman–Crippen MR) is 334 cm³/mol. The molecule has 3 atom stereocenters. The highest BCUT2D eigenvalue weighted by Crippen LogP contribution is 2.43. The summed E-state index contributed by atoms with van der Waals surface area (Å²) in [5.74, 6) is -1.63. The molecule has 0 spiro atoms. The van der Waals surface area contributed by atoms with Crippen molar-refractivity contribution in [2.45, 2.75) is 226 Å². The van der Waals surface area contributed by atoms with Gasteiger partial charge in [-0.15, -0.1) is 0 Å². The molecule has 0 rings (SSSR count). The van der Waals surface area contributed by atoms with Crippen LogP contribution in [-0.2, 0) is 42.2 Å². The van der Waals surface area contributed by atoms with Gasteiger partial charge in [-0.2, -0.15) is 0 Å². The molecule has 0 aromatic heterocycles. The van der Waals surface area contributed by atoms with E-state index in [4.69, 9.17) is 23.3 Å². The van der Waals surface area contributed by atoms with E-state index >= 15 is 0 Å². The number of rotatable bonds is 54. The molecule has 0 amide bonds. The number of carbonyl (C=O) groups excluding carboxylic acids is 3. The standard InChI is InChI=1S/C68H107O11P/c1-4-7-10-13-16-19-22-25-28-31-32-35-38-41-44-47-50-53-56-59-68(72)79-65(61-75-66(70)57-54-51-48-45-42-39-36-33-29-26-23-20-17-14-11-8-5-2)63-77-80(73,74)76-62-64(60-69)78-67(71)58-55-52-49-46-43-40-37-34-30-27-24-21-18-15-12-9-6-3/h8-9,11-12,16-21,25-30,32,35-37,39-40,45-46,48-49,64-65,69H,4-7,10,13-15,22-24,31,33-34,38,41-44,47,50-63H2,1-3H3,(H,73,74)/b11-8-,12-9-,19-16-,20-17-,21-18-,28-25-,29-26-,30-27-,35-32-,39-36-,40-37-,48-45-,49-46-. The summed E-state index contributed by atoms with van der Waals surface area (Å²) in [6.45, 7) is 4.23. The summed E-state index contributed by atoms with van der Waals surface area (Å²) in [6, 6.07) is 0. The molecule has 0 saturated heterocycles. The molecular weight excluding hydrogens is 1020 g/mol. The molecule has 0 radical (unpaired) electrons. The van der Waals surface area contributed by atoms with E-state index in [-0.39, 0.29) is 25.9 Å². The molecule has 0 aliphatic carbocycles. The van der Waals surface area contributed by atoms with Gasteiger partial charge in [0.05, 0.1) is 19.8 Å².